The second kappa shape index (κ2) is 9.73. The first-order chi connectivity index (χ1) is 14.7. The lowest BCUT2D eigenvalue weighted by Gasteiger charge is -2.17. The van der Waals surface area contributed by atoms with E-state index in [1.807, 2.05) is 0 Å². The Morgan fingerprint density at radius 1 is 1.32 bits per heavy atom. The molecule has 0 bridgehead atoms. The van der Waals surface area contributed by atoms with Gasteiger partial charge < -0.3 is 19.6 Å². The van der Waals surface area contributed by atoms with Crippen molar-refractivity contribution in [3.63, 3.8) is 0 Å². The number of rotatable bonds is 9. The number of furan rings is 1. The van der Waals surface area contributed by atoms with Gasteiger partial charge in [0.05, 0.1) is 28.8 Å². The van der Waals surface area contributed by atoms with Crippen LogP contribution >= 0.6 is 15.9 Å². The van der Waals surface area contributed by atoms with Crippen molar-refractivity contribution in [3.05, 3.63) is 52.2 Å². The molecule has 0 aliphatic carbocycles. The van der Waals surface area contributed by atoms with E-state index < -0.39 is 17.5 Å². The number of ether oxygens (including phenoxy) is 1. The van der Waals surface area contributed by atoms with Crippen molar-refractivity contribution < 1.29 is 28.3 Å². The fraction of sp³-hybridized carbons (Fsp3) is 0.333. The Kier molecular flexibility index (Phi) is 7.26. The predicted molar refractivity (Wildman–Crippen MR) is 116 cm³/mol. The quantitative estimate of drug-likeness (QED) is 0.226. The van der Waals surface area contributed by atoms with E-state index in [-0.39, 0.29) is 30.3 Å². The summed E-state index contributed by atoms with van der Waals surface area (Å²) in [5.74, 6) is -2.44. The molecule has 2 heterocycles. The van der Waals surface area contributed by atoms with Gasteiger partial charge in [0.2, 0.25) is 5.76 Å². The Morgan fingerprint density at radius 2 is 2.10 bits per heavy atom. The molecule has 0 radical (unpaired) electrons. The minimum absolute atomic E-state index is 0.0867. The summed E-state index contributed by atoms with van der Waals surface area (Å²) < 4.78 is 25.8. The van der Waals surface area contributed by atoms with E-state index in [0.29, 0.717) is 21.9 Å². The Bertz CT molecular complexity index is 1080. The Balaban J connectivity index is 1.77. The highest BCUT2D eigenvalue weighted by Crippen LogP contribution is 2.36. The number of hydroxylamine groups is 1. The van der Waals surface area contributed by atoms with Gasteiger partial charge in [-0.2, -0.15) is 0 Å². The van der Waals surface area contributed by atoms with E-state index in [1.54, 1.807) is 19.1 Å². The summed E-state index contributed by atoms with van der Waals surface area (Å²) in [6.07, 6.45) is 3.49. The second-order valence-corrected chi connectivity index (χ2v) is 8.20. The third-order valence-electron chi connectivity index (χ3n) is 4.15. The van der Waals surface area contributed by atoms with E-state index in [4.69, 9.17) is 14.0 Å². The highest BCUT2D eigenvalue weighted by atomic mass is 79.9. The summed E-state index contributed by atoms with van der Waals surface area (Å²) in [5, 5.41) is 12.9. The SMILES string of the molecule is Cc1ccc(Nc2c(C(=O)NOCCCOC(C)(C)O)oc3c(Br)cncc23)c(F)c1. The van der Waals surface area contributed by atoms with Gasteiger partial charge in [0.1, 0.15) is 11.5 Å². The first-order valence-corrected chi connectivity index (χ1v) is 10.3. The number of benzene rings is 1. The lowest BCUT2D eigenvalue weighted by atomic mass is 10.2. The van der Waals surface area contributed by atoms with E-state index in [9.17, 15) is 14.3 Å². The van der Waals surface area contributed by atoms with Crippen molar-refractivity contribution in [1.82, 2.24) is 10.5 Å². The van der Waals surface area contributed by atoms with Gasteiger partial charge in [-0.3, -0.25) is 14.6 Å². The van der Waals surface area contributed by atoms with Crippen molar-refractivity contribution in [2.24, 2.45) is 0 Å². The molecule has 0 aliphatic heterocycles. The summed E-state index contributed by atoms with van der Waals surface area (Å²) in [4.78, 5) is 22.0. The number of fused-ring (bicyclic) bond motifs is 1. The topological polar surface area (TPSA) is 106 Å². The molecule has 0 saturated heterocycles. The van der Waals surface area contributed by atoms with Crippen LogP contribution in [0, 0.1) is 12.7 Å². The number of hydrogen-bond acceptors (Lipinski definition) is 7. The lowest BCUT2D eigenvalue weighted by Crippen LogP contribution is -2.27. The number of carbonyl (C=O) groups is 1. The average molecular weight is 496 g/mol. The Labute approximate surface area is 186 Å². The normalized spacial score (nSPS) is 11.7. The molecule has 0 atom stereocenters. The van der Waals surface area contributed by atoms with Crippen LogP contribution in [-0.4, -0.2) is 35.0 Å². The summed E-state index contributed by atoms with van der Waals surface area (Å²) in [6.45, 7) is 5.24. The second-order valence-electron chi connectivity index (χ2n) is 7.34. The maximum atomic E-state index is 14.4. The lowest BCUT2D eigenvalue weighted by molar-refractivity contribution is -0.178. The molecule has 3 N–H and O–H groups in total. The molecule has 1 amide bonds. The van der Waals surface area contributed by atoms with Gasteiger partial charge in [0.25, 0.3) is 0 Å². The first kappa shape index (κ1) is 23.1. The molecule has 31 heavy (non-hydrogen) atoms. The maximum absolute atomic E-state index is 14.4. The van der Waals surface area contributed by atoms with Crippen molar-refractivity contribution in [2.45, 2.75) is 33.0 Å². The van der Waals surface area contributed by atoms with Crippen LogP contribution in [0.2, 0.25) is 0 Å². The van der Waals surface area contributed by atoms with Gasteiger partial charge in [0, 0.05) is 12.4 Å². The number of hydrogen-bond donors (Lipinski definition) is 3. The largest absolute Gasteiger partial charge is 0.447 e. The van der Waals surface area contributed by atoms with E-state index in [1.165, 1.54) is 32.3 Å². The smallest absolute Gasteiger partial charge is 0.312 e. The molecule has 0 saturated carbocycles. The standard InChI is InChI=1S/C21H23BrFN3O5/c1-12-5-6-16(15(23)9-12)25-17-13-10-24-11-14(22)18(13)31-19(17)20(27)26-30-8-4-7-29-21(2,3)28/h5-6,9-11,25,28H,4,7-8H2,1-3H3,(H,26,27). The average Bonchev–Trinajstić information content (AvgIpc) is 3.06. The first-order valence-electron chi connectivity index (χ1n) is 9.53. The number of aliphatic hydroxyl groups is 1. The Hall–Kier alpha value is -2.53. The van der Waals surface area contributed by atoms with E-state index in [0.717, 1.165) is 5.56 Å². The van der Waals surface area contributed by atoms with Crippen LogP contribution in [0.25, 0.3) is 11.0 Å². The molecule has 3 aromatic rings. The Morgan fingerprint density at radius 3 is 2.81 bits per heavy atom. The highest BCUT2D eigenvalue weighted by molar-refractivity contribution is 9.10. The molecule has 0 spiro atoms. The van der Waals surface area contributed by atoms with Gasteiger partial charge >= 0.3 is 5.91 Å². The molecule has 3 rings (SSSR count). The van der Waals surface area contributed by atoms with Crippen LogP contribution in [0.4, 0.5) is 15.8 Å². The fourth-order valence-electron chi connectivity index (χ4n) is 2.74. The molecule has 166 valence electrons. The summed E-state index contributed by atoms with van der Waals surface area (Å²) in [7, 11) is 0. The number of nitrogens with zero attached hydrogens (tertiary/aromatic N) is 1. The van der Waals surface area contributed by atoms with Gasteiger partial charge in [-0.05, 0) is 60.8 Å². The minimum atomic E-state index is -1.23. The van der Waals surface area contributed by atoms with Crippen molar-refractivity contribution >= 4 is 44.2 Å². The van der Waals surface area contributed by atoms with Gasteiger partial charge in [-0.1, -0.05) is 6.07 Å². The molecule has 2 aromatic heterocycles. The molecule has 8 nitrogen and oxygen atoms in total. The van der Waals surface area contributed by atoms with Gasteiger partial charge in [-0.25, -0.2) is 9.87 Å². The number of carbonyl (C=O) groups excluding carboxylic acids is 1. The van der Waals surface area contributed by atoms with Crippen molar-refractivity contribution in [2.75, 3.05) is 18.5 Å². The van der Waals surface area contributed by atoms with Crippen LogP contribution in [0.15, 0.2) is 39.5 Å². The molecule has 0 fully saturated rings. The number of amides is 1. The van der Waals surface area contributed by atoms with Crippen molar-refractivity contribution in [3.8, 4) is 0 Å². The fourth-order valence-corrected chi connectivity index (χ4v) is 3.15. The summed E-state index contributed by atoms with van der Waals surface area (Å²) in [6, 6.07) is 4.72. The number of halogens is 2. The van der Waals surface area contributed by atoms with E-state index >= 15 is 0 Å². The third-order valence-corrected chi connectivity index (χ3v) is 4.72. The molecule has 0 unspecified atom stereocenters. The summed E-state index contributed by atoms with van der Waals surface area (Å²) in [5.41, 5.74) is 3.91. The maximum Gasteiger partial charge on any atom is 0.312 e. The number of anilines is 2. The third kappa shape index (κ3) is 6.01. The van der Waals surface area contributed by atoms with E-state index in [2.05, 4.69) is 31.7 Å². The number of pyridine rings is 1. The van der Waals surface area contributed by atoms with Crippen LogP contribution in [0.1, 0.15) is 36.4 Å². The van der Waals surface area contributed by atoms with Crippen LogP contribution in [0.3, 0.4) is 0 Å². The van der Waals surface area contributed by atoms with Gasteiger partial charge in [0.15, 0.2) is 11.4 Å². The van der Waals surface area contributed by atoms with Crippen LogP contribution < -0.4 is 10.8 Å². The predicted octanol–water partition coefficient (Wildman–Crippen LogP) is 4.58. The molecule has 10 heteroatoms. The summed E-state index contributed by atoms with van der Waals surface area (Å²) >= 11 is 3.34. The van der Waals surface area contributed by atoms with Crippen LogP contribution in [-0.2, 0) is 9.57 Å². The number of aromatic nitrogens is 1. The molecular weight excluding hydrogens is 473 g/mol. The minimum Gasteiger partial charge on any atom is -0.447 e. The zero-order chi connectivity index (χ0) is 22.6. The zero-order valence-corrected chi connectivity index (χ0v) is 18.9. The zero-order valence-electron chi connectivity index (χ0n) is 17.3. The number of nitrogens with one attached hydrogen (secondary N) is 2. The number of aryl methyl sites for hydroxylation is 1. The highest BCUT2D eigenvalue weighted by Gasteiger charge is 2.23. The molecule has 1 aromatic carbocycles. The monoisotopic (exact) mass is 495 g/mol. The van der Waals surface area contributed by atoms with Gasteiger partial charge in [-0.15, -0.1) is 0 Å². The van der Waals surface area contributed by atoms with Crippen molar-refractivity contribution in [1.29, 1.82) is 0 Å². The molecular formula is C21H23BrFN3O5. The van der Waals surface area contributed by atoms with Crippen LogP contribution in [0.5, 0.6) is 0 Å². The molecule has 0 aliphatic rings.